The van der Waals surface area contributed by atoms with E-state index in [1.165, 1.54) is 4.57 Å². The first-order chi connectivity index (χ1) is 12.9. The molecule has 2 aromatic rings. The van der Waals surface area contributed by atoms with E-state index in [0.29, 0.717) is 31.4 Å². The van der Waals surface area contributed by atoms with E-state index in [9.17, 15) is 4.79 Å². The molecule has 8 heteroatoms. The Labute approximate surface area is 176 Å². The third kappa shape index (κ3) is 3.53. The summed E-state index contributed by atoms with van der Waals surface area (Å²) in [5, 5.41) is 0.705. The summed E-state index contributed by atoms with van der Waals surface area (Å²) in [4.78, 5) is 19.7. The van der Waals surface area contributed by atoms with Gasteiger partial charge in [0, 0.05) is 30.2 Å². The number of rotatable bonds is 2. The van der Waals surface area contributed by atoms with Gasteiger partial charge in [-0.25, -0.2) is 4.98 Å². The minimum atomic E-state index is -0.165. The number of aryl methyl sites for hydroxylation is 1. The fourth-order valence-corrected chi connectivity index (χ4v) is 4.83. The number of ether oxygens (including phenoxy) is 1. The van der Waals surface area contributed by atoms with Gasteiger partial charge in [-0.2, -0.15) is 0 Å². The van der Waals surface area contributed by atoms with Crippen molar-refractivity contribution in [1.82, 2.24) is 9.55 Å². The first-order valence-electron chi connectivity index (χ1n) is 8.97. The van der Waals surface area contributed by atoms with Gasteiger partial charge in [-0.1, -0.05) is 23.2 Å². The molecular formula is C19H20BrCl2N3O2. The van der Waals surface area contributed by atoms with Crippen LogP contribution in [0.2, 0.25) is 10.0 Å². The van der Waals surface area contributed by atoms with Gasteiger partial charge in [0.1, 0.15) is 11.6 Å². The zero-order valence-electron chi connectivity index (χ0n) is 15.0. The van der Waals surface area contributed by atoms with Crippen molar-refractivity contribution < 1.29 is 4.74 Å². The number of anilines is 1. The van der Waals surface area contributed by atoms with Crippen molar-refractivity contribution in [3.63, 3.8) is 0 Å². The third-order valence-electron chi connectivity index (χ3n) is 5.66. The number of hydrogen-bond acceptors (Lipinski definition) is 4. The first-order valence-corrected chi connectivity index (χ1v) is 10.5. The van der Waals surface area contributed by atoms with E-state index in [-0.39, 0.29) is 5.56 Å². The third-order valence-corrected chi connectivity index (χ3v) is 7.42. The highest BCUT2D eigenvalue weighted by molar-refractivity contribution is 9.10. The molecule has 0 aliphatic carbocycles. The van der Waals surface area contributed by atoms with Gasteiger partial charge < -0.3 is 9.64 Å². The monoisotopic (exact) mass is 471 g/mol. The summed E-state index contributed by atoms with van der Waals surface area (Å²) in [5.41, 5.74) is 0.691. The van der Waals surface area contributed by atoms with Crippen molar-refractivity contribution in [1.29, 1.82) is 0 Å². The molecule has 2 fully saturated rings. The van der Waals surface area contributed by atoms with E-state index >= 15 is 0 Å². The second-order valence-electron chi connectivity index (χ2n) is 7.32. The van der Waals surface area contributed by atoms with Crippen molar-refractivity contribution in [2.24, 2.45) is 5.41 Å². The van der Waals surface area contributed by atoms with Gasteiger partial charge in [-0.15, -0.1) is 0 Å². The van der Waals surface area contributed by atoms with E-state index in [2.05, 4.69) is 25.8 Å². The van der Waals surface area contributed by atoms with Crippen LogP contribution in [0.25, 0.3) is 5.69 Å². The van der Waals surface area contributed by atoms with Gasteiger partial charge in [0.25, 0.3) is 5.56 Å². The Hall–Kier alpha value is -1.08. The minimum Gasteiger partial charge on any atom is -0.381 e. The largest absolute Gasteiger partial charge is 0.381 e. The lowest BCUT2D eigenvalue weighted by Crippen LogP contribution is -2.41. The van der Waals surface area contributed by atoms with Crippen LogP contribution in [0.4, 0.5) is 5.82 Å². The number of hydrogen-bond donors (Lipinski definition) is 0. The molecule has 0 bridgehead atoms. The second-order valence-corrected chi connectivity index (χ2v) is 8.93. The van der Waals surface area contributed by atoms with E-state index < -0.39 is 0 Å². The van der Waals surface area contributed by atoms with Crippen molar-refractivity contribution in [2.45, 2.75) is 26.2 Å². The van der Waals surface area contributed by atoms with Crippen LogP contribution in [-0.2, 0) is 4.74 Å². The van der Waals surface area contributed by atoms with Crippen molar-refractivity contribution in [2.75, 3.05) is 31.2 Å². The lowest BCUT2D eigenvalue weighted by Gasteiger charge is -2.38. The van der Waals surface area contributed by atoms with Gasteiger partial charge in [-0.05, 0) is 59.7 Å². The molecule has 0 unspecified atom stereocenters. The van der Waals surface area contributed by atoms with Crippen molar-refractivity contribution in [3.05, 3.63) is 48.9 Å². The minimum absolute atomic E-state index is 0.165. The van der Waals surface area contributed by atoms with Gasteiger partial charge in [0.05, 0.1) is 22.3 Å². The summed E-state index contributed by atoms with van der Waals surface area (Å²) >= 11 is 15.9. The Morgan fingerprint density at radius 2 is 1.93 bits per heavy atom. The highest BCUT2D eigenvalue weighted by atomic mass is 79.9. The summed E-state index contributed by atoms with van der Waals surface area (Å²) in [6.45, 7) is 5.32. The van der Waals surface area contributed by atoms with Gasteiger partial charge in [0.2, 0.25) is 0 Å². The second kappa shape index (κ2) is 7.39. The fraction of sp³-hybridized carbons (Fsp3) is 0.474. The standard InChI is InChI=1S/C19H20BrCl2N3O2/c1-12-23-15(24-7-4-19(5-8-24)6-9-27-11-19)10-16(26)25(12)14-3-2-13(20)17(21)18(14)22/h2-3,10H,4-9,11H2,1H3. The van der Waals surface area contributed by atoms with E-state index in [1.54, 1.807) is 18.2 Å². The molecule has 0 amide bonds. The smallest absolute Gasteiger partial charge is 0.260 e. The van der Waals surface area contributed by atoms with E-state index in [0.717, 1.165) is 51.4 Å². The van der Waals surface area contributed by atoms with Crippen LogP contribution < -0.4 is 10.5 Å². The first kappa shape index (κ1) is 19.2. The van der Waals surface area contributed by atoms with Crippen LogP contribution in [0.1, 0.15) is 25.1 Å². The molecule has 5 nitrogen and oxygen atoms in total. The molecule has 2 aliphatic heterocycles. The van der Waals surface area contributed by atoms with Gasteiger partial charge in [0.15, 0.2) is 0 Å². The highest BCUT2D eigenvalue weighted by Crippen LogP contribution is 2.40. The zero-order valence-corrected chi connectivity index (χ0v) is 18.1. The van der Waals surface area contributed by atoms with Crippen LogP contribution in [-0.4, -0.2) is 35.9 Å². The molecule has 3 heterocycles. The molecule has 0 atom stereocenters. The fourth-order valence-electron chi connectivity index (χ4n) is 3.98. The van der Waals surface area contributed by atoms with Gasteiger partial charge in [-0.3, -0.25) is 9.36 Å². The van der Waals surface area contributed by atoms with Gasteiger partial charge >= 0.3 is 0 Å². The maximum absolute atomic E-state index is 12.9. The Bertz CT molecular complexity index is 931. The van der Waals surface area contributed by atoms with Crippen LogP contribution >= 0.6 is 39.1 Å². The lowest BCUT2D eigenvalue weighted by molar-refractivity contribution is 0.133. The zero-order chi connectivity index (χ0) is 19.2. The molecule has 0 N–H and O–H groups in total. The summed E-state index contributed by atoms with van der Waals surface area (Å²) in [7, 11) is 0. The van der Waals surface area contributed by atoms with Crippen molar-refractivity contribution in [3.8, 4) is 5.69 Å². The number of benzene rings is 1. The highest BCUT2D eigenvalue weighted by Gasteiger charge is 2.38. The Kier molecular flexibility index (Phi) is 5.27. The molecule has 0 saturated carbocycles. The van der Waals surface area contributed by atoms with Crippen LogP contribution in [0.3, 0.4) is 0 Å². The molecule has 1 aromatic heterocycles. The maximum Gasteiger partial charge on any atom is 0.260 e. The maximum atomic E-state index is 12.9. The summed E-state index contributed by atoms with van der Waals surface area (Å²) in [5.74, 6) is 1.31. The summed E-state index contributed by atoms with van der Waals surface area (Å²) in [6, 6.07) is 5.12. The SMILES string of the molecule is Cc1nc(N2CCC3(CCOC3)CC2)cc(=O)n1-c1ccc(Br)c(Cl)c1Cl. The Morgan fingerprint density at radius 3 is 2.56 bits per heavy atom. The molecule has 1 spiro atoms. The number of piperidine rings is 1. The predicted molar refractivity (Wildman–Crippen MR) is 112 cm³/mol. The number of halogens is 3. The summed E-state index contributed by atoms with van der Waals surface area (Å²) in [6.07, 6.45) is 3.29. The number of nitrogens with zero attached hydrogens (tertiary/aromatic N) is 3. The van der Waals surface area contributed by atoms with E-state index in [4.69, 9.17) is 27.9 Å². The predicted octanol–water partition coefficient (Wildman–Crippen LogP) is 4.62. The normalized spacial score (nSPS) is 19.0. The van der Waals surface area contributed by atoms with E-state index in [1.807, 2.05) is 6.92 Å². The molecule has 4 rings (SSSR count). The summed E-state index contributed by atoms with van der Waals surface area (Å²) < 4.78 is 7.78. The molecular weight excluding hydrogens is 453 g/mol. The lowest BCUT2D eigenvalue weighted by atomic mass is 9.78. The molecule has 0 radical (unpaired) electrons. The molecule has 2 aliphatic rings. The Morgan fingerprint density at radius 1 is 1.19 bits per heavy atom. The van der Waals surface area contributed by atoms with Crippen molar-refractivity contribution >= 4 is 44.9 Å². The molecule has 27 heavy (non-hydrogen) atoms. The van der Waals surface area contributed by atoms with Crippen LogP contribution in [0.15, 0.2) is 27.5 Å². The Balaban J connectivity index is 1.64. The molecule has 144 valence electrons. The average molecular weight is 473 g/mol. The molecule has 2 saturated heterocycles. The topological polar surface area (TPSA) is 47.4 Å². The number of aromatic nitrogens is 2. The molecule has 1 aromatic carbocycles. The van der Waals surface area contributed by atoms with Crippen LogP contribution in [0.5, 0.6) is 0 Å². The quantitative estimate of drug-likeness (QED) is 0.598. The van der Waals surface area contributed by atoms with Crippen LogP contribution in [0, 0.1) is 12.3 Å². The average Bonchev–Trinajstić information content (AvgIpc) is 3.09.